The molecule has 0 bridgehead atoms. The Balaban J connectivity index is 1.96. The number of aliphatic carboxylic acids is 1. The van der Waals surface area contributed by atoms with Gasteiger partial charge in [0.25, 0.3) is 0 Å². The van der Waals surface area contributed by atoms with E-state index < -0.39 is 27.8 Å². The molecule has 0 aliphatic carbocycles. The molecule has 0 heterocycles. The van der Waals surface area contributed by atoms with Gasteiger partial charge in [-0.1, -0.05) is 29.8 Å². The first kappa shape index (κ1) is 23.7. The fourth-order valence-electron chi connectivity index (χ4n) is 2.33. The largest absolute Gasteiger partial charge is 0.481 e. The molecule has 0 radical (unpaired) electrons. The molecule has 10 nitrogen and oxygen atoms in total. The highest BCUT2D eigenvalue weighted by molar-refractivity contribution is 7.89. The van der Waals surface area contributed by atoms with E-state index in [0.29, 0.717) is 17.0 Å². The van der Waals surface area contributed by atoms with Crippen molar-refractivity contribution in [2.45, 2.75) is 25.2 Å². The van der Waals surface area contributed by atoms with Crippen molar-refractivity contribution in [2.24, 2.45) is 5.10 Å². The van der Waals surface area contributed by atoms with Crippen molar-refractivity contribution in [2.75, 3.05) is 11.9 Å². The number of anilines is 1. The Kier molecular flexibility index (Phi) is 8.00. The van der Waals surface area contributed by atoms with Crippen LogP contribution in [0, 0.1) is 6.92 Å². The molecule has 2 rings (SSSR count). The fraction of sp³-hybridized carbons (Fsp3) is 0.200. The molecule has 0 saturated heterocycles. The number of rotatable bonds is 8. The first-order valence-corrected chi connectivity index (χ1v) is 10.6. The molecule has 2 aromatic carbocycles. The minimum atomic E-state index is -3.84. The molecule has 4 N–H and O–H groups in total. The van der Waals surface area contributed by atoms with Gasteiger partial charge in [-0.25, -0.2) is 18.6 Å². The topological polar surface area (TPSA) is 154 Å². The number of carboxylic acids is 1. The number of nitrogens with zero attached hydrogens (tertiary/aromatic N) is 1. The molecular weight excluding hydrogens is 424 g/mol. The molecule has 0 aromatic heterocycles. The Morgan fingerprint density at radius 2 is 1.58 bits per heavy atom. The van der Waals surface area contributed by atoms with E-state index in [4.69, 9.17) is 5.11 Å². The molecule has 2 aromatic rings. The minimum Gasteiger partial charge on any atom is -0.481 e. The number of hydrazone groups is 1. The van der Waals surface area contributed by atoms with Crippen LogP contribution in [0.15, 0.2) is 58.5 Å². The summed E-state index contributed by atoms with van der Waals surface area (Å²) in [5.41, 5.74) is 4.49. The Hall–Kier alpha value is -3.57. The molecule has 2 amide bonds. The van der Waals surface area contributed by atoms with Gasteiger partial charge in [0.05, 0.1) is 17.0 Å². The van der Waals surface area contributed by atoms with Gasteiger partial charge in [-0.3, -0.25) is 14.4 Å². The Morgan fingerprint density at radius 1 is 0.968 bits per heavy atom. The summed E-state index contributed by atoms with van der Waals surface area (Å²) < 4.78 is 26.4. The minimum absolute atomic E-state index is 0.0454. The van der Waals surface area contributed by atoms with Crippen molar-refractivity contribution < 1.29 is 27.9 Å². The van der Waals surface area contributed by atoms with Crippen molar-refractivity contribution in [3.63, 3.8) is 0 Å². The maximum atomic E-state index is 12.1. The SMILES string of the molecule is CC(=NNC(=O)C(=O)Nc1ccc(C)cc1)c1ccc(S(=O)(=O)NCCC(=O)O)cc1. The van der Waals surface area contributed by atoms with Crippen LogP contribution >= 0.6 is 0 Å². The van der Waals surface area contributed by atoms with Crippen LogP contribution in [0.2, 0.25) is 0 Å². The zero-order valence-corrected chi connectivity index (χ0v) is 17.7. The molecular formula is C20H22N4O6S. The van der Waals surface area contributed by atoms with Gasteiger partial charge in [-0.2, -0.15) is 5.10 Å². The smallest absolute Gasteiger partial charge is 0.329 e. The molecule has 0 atom stereocenters. The normalized spacial score (nSPS) is 11.6. The predicted molar refractivity (Wildman–Crippen MR) is 114 cm³/mol. The maximum Gasteiger partial charge on any atom is 0.329 e. The predicted octanol–water partition coefficient (Wildman–Crippen LogP) is 1.23. The maximum absolute atomic E-state index is 12.1. The van der Waals surface area contributed by atoms with Crippen molar-refractivity contribution in [1.82, 2.24) is 10.1 Å². The molecule has 0 aliphatic rings. The van der Waals surface area contributed by atoms with Crippen LogP contribution in [-0.4, -0.2) is 43.6 Å². The number of hydrogen-bond acceptors (Lipinski definition) is 6. The third-order valence-electron chi connectivity index (χ3n) is 4.05. The third kappa shape index (κ3) is 7.32. The summed E-state index contributed by atoms with van der Waals surface area (Å²) in [4.78, 5) is 34.3. The third-order valence-corrected chi connectivity index (χ3v) is 5.53. The van der Waals surface area contributed by atoms with Crippen LogP contribution in [0.25, 0.3) is 0 Å². The van der Waals surface area contributed by atoms with Crippen molar-refractivity contribution in [1.29, 1.82) is 0 Å². The van der Waals surface area contributed by atoms with Gasteiger partial charge in [0.2, 0.25) is 10.0 Å². The van der Waals surface area contributed by atoms with Gasteiger partial charge in [0, 0.05) is 12.2 Å². The second-order valence-electron chi connectivity index (χ2n) is 6.52. The molecule has 0 saturated carbocycles. The van der Waals surface area contributed by atoms with E-state index in [9.17, 15) is 22.8 Å². The number of nitrogens with one attached hydrogen (secondary N) is 3. The molecule has 31 heavy (non-hydrogen) atoms. The number of benzene rings is 2. The highest BCUT2D eigenvalue weighted by atomic mass is 32.2. The van der Waals surface area contributed by atoms with Gasteiger partial charge < -0.3 is 10.4 Å². The van der Waals surface area contributed by atoms with Gasteiger partial charge >= 0.3 is 17.8 Å². The Bertz CT molecular complexity index is 1090. The Morgan fingerprint density at radius 3 is 2.16 bits per heavy atom. The van der Waals surface area contributed by atoms with Gasteiger partial charge in [-0.15, -0.1) is 0 Å². The second kappa shape index (κ2) is 10.5. The van der Waals surface area contributed by atoms with Crippen LogP contribution in [-0.2, 0) is 24.4 Å². The number of carboxylic acid groups (broad SMARTS) is 1. The average Bonchev–Trinajstić information content (AvgIpc) is 2.73. The summed E-state index contributed by atoms with van der Waals surface area (Å²) in [6.07, 6.45) is -0.333. The lowest BCUT2D eigenvalue weighted by atomic mass is 10.1. The highest BCUT2D eigenvalue weighted by Gasteiger charge is 2.15. The van der Waals surface area contributed by atoms with E-state index in [2.05, 4.69) is 20.6 Å². The van der Waals surface area contributed by atoms with Gasteiger partial charge in [-0.05, 0) is 43.7 Å². The summed E-state index contributed by atoms with van der Waals surface area (Å²) in [7, 11) is -3.84. The fourth-order valence-corrected chi connectivity index (χ4v) is 3.36. The van der Waals surface area contributed by atoms with E-state index in [1.165, 1.54) is 24.3 Å². The number of aryl methyl sites for hydroxylation is 1. The van der Waals surface area contributed by atoms with E-state index in [-0.39, 0.29) is 17.9 Å². The zero-order chi connectivity index (χ0) is 23.0. The molecule has 11 heteroatoms. The van der Waals surface area contributed by atoms with E-state index in [1.807, 2.05) is 6.92 Å². The van der Waals surface area contributed by atoms with Crippen LogP contribution < -0.4 is 15.5 Å². The van der Waals surface area contributed by atoms with E-state index in [1.54, 1.807) is 31.2 Å². The van der Waals surface area contributed by atoms with Gasteiger partial charge in [0.1, 0.15) is 0 Å². The van der Waals surface area contributed by atoms with Gasteiger partial charge in [0.15, 0.2) is 0 Å². The summed E-state index contributed by atoms with van der Waals surface area (Å²) in [5.74, 6) is -2.95. The summed E-state index contributed by atoms with van der Waals surface area (Å²) in [6, 6.07) is 12.5. The lowest BCUT2D eigenvalue weighted by molar-refractivity contribution is -0.136. The molecule has 0 unspecified atom stereocenters. The van der Waals surface area contributed by atoms with Crippen LogP contribution in [0.4, 0.5) is 5.69 Å². The second-order valence-corrected chi connectivity index (χ2v) is 8.29. The van der Waals surface area contributed by atoms with Crippen molar-refractivity contribution in [3.8, 4) is 0 Å². The number of amides is 2. The molecule has 0 spiro atoms. The first-order valence-electron chi connectivity index (χ1n) is 9.12. The van der Waals surface area contributed by atoms with E-state index >= 15 is 0 Å². The average molecular weight is 446 g/mol. The quantitative estimate of drug-likeness (QED) is 0.272. The molecule has 0 fully saturated rings. The highest BCUT2D eigenvalue weighted by Crippen LogP contribution is 2.11. The van der Waals surface area contributed by atoms with Crippen molar-refractivity contribution >= 4 is 39.2 Å². The van der Waals surface area contributed by atoms with Crippen molar-refractivity contribution in [3.05, 3.63) is 59.7 Å². The summed E-state index contributed by atoms with van der Waals surface area (Å²) in [5, 5.41) is 14.9. The summed E-state index contributed by atoms with van der Waals surface area (Å²) in [6.45, 7) is 3.25. The van der Waals surface area contributed by atoms with Crippen LogP contribution in [0.1, 0.15) is 24.5 Å². The molecule has 164 valence electrons. The Labute approximate surface area is 179 Å². The first-order chi connectivity index (χ1) is 14.6. The molecule has 0 aliphatic heterocycles. The summed E-state index contributed by atoms with van der Waals surface area (Å²) >= 11 is 0. The lowest BCUT2D eigenvalue weighted by Crippen LogP contribution is -2.32. The zero-order valence-electron chi connectivity index (χ0n) is 16.9. The monoisotopic (exact) mass is 446 g/mol. The van der Waals surface area contributed by atoms with E-state index in [0.717, 1.165) is 5.56 Å². The number of sulfonamides is 1. The lowest BCUT2D eigenvalue weighted by Gasteiger charge is -2.07. The van der Waals surface area contributed by atoms with Crippen LogP contribution in [0.5, 0.6) is 0 Å². The number of carbonyl (C=O) groups excluding carboxylic acids is 2. The standard InChI is InChI=1S/C20H22N4O6S/c1-13-3-7-16(8-4-13)22-19(27)20(28)24-23-14(2)15-5-9-17(10-6-15)31(29,30)21-12-11-18(25)26/h3-10,21H,11-12H2,1-2H3,(H,22,27)(H,24,28)(H,25,26). The van der Waals surface area contributed by atoms with Crippen LogP contribution in [0.3, 0.4) is 0 Å². The number of carbonyl (C=O) groups is 3. The number of hydrogen-bond donors (Lipinski definition) is 4.